The van der Waals surface area contributed by atoms with Crippen LogP contribution in [0.25, 0.3) is 0 Å². The fourth-order valence-corrected chi connectivity index (χ4v) is 2.09. The van der Waals surface area contributed by atoms with Crippen LogP contribution >= 0.6 is 11.6 Å². The van der Waals surface area contributed by atoms with Gasteiger partial charge in [0.05, 0.1) is 6.61 Å². The summed E-state index contributed by atoms with van der Waals surface area (Å²) in [6, 6.07) is 0. The molecule has 1 saturated carbocycles. The molecule has 1 aliphatic carbocycles. The van der Waals surface area contributed by atoms with Gasteiger partial charge in [-0.15, -0.1) is 0 Å². The first kappa shape index (κ1) is 12.6. The average molecular weight is 255 g/mol. The van der Waals surface area contributed by atoms with Gasteiger partial charge in [0, 0.05) is 12.0 Å². The molecule has 0 aliphatic heterocycles. The van der Waals surface area contributed by atoms with Gasteiger partial charge in [-0.25, -0.2) is 4.98 Å². The minimum atomic E-state index is 0.510. The summed E-state index contributed by atoms with van der Waals surface area (Å²) in [5, 5.41) is 0.510. The van der Waals surface area contributed by atoms with Crippen molar-refractivity contribution in [1.82, 2.24) is 9.97 Å². The molecule has 94 valence electrons. The van der Waals surface area contributed by atoms with E-state index in [0.29, 0.717) is 11.0 Å². The van der Waals surface area contributed by atoms with E-state index in [1.54, 1.807) is 0 Å². The third kappa shape index (κ3) is 3.09. The normalized spacial score (nSPS) is 15.7. The molecule has 4 heteroatoms. The smallest absolute Gasteiger partial charge is 0.221 e. The standard InChI is InChI=1S/C13H19ClN2O/c1-3-11-15-12(14)9(2)13(16-11)17-8-7-10-5-4-6-10/h10H,3-8H2,1-2H3. The fourth-order valence-electron chi connectivity index (χ4n) is 1.91. The summed E-state index contributed by atoms with van der Waals surface area (Å²) in [4.78, 5) is 8.57. The van der Waals surface area contributed by atoms with Crippen LogP contribution in [0, 0.1) is 12.8 Å². The molecule has 0 amide bonds. The number of ether oxygens (including phenoxy) is 1. The van der Waals surface area contributed by atoms with Gasteiger partial charge in [-0.1, -0.05) is 37.8 Å². The van der Waals surface area contributed by atoms with Gasteiger partial charge in [0.25, 0.3) is 0 Å². The van der Waals surface area contributed by atoms with Gasteiger partial charge in [-0.2, -0.15) is 4.98 Å². The highest BCUT2D eigenvalue weighted by molar-refractivity contribution is 6.30. The zero-order valence-electron chi connectivity index (χ0n) is 10.5. The maximum absolute atomic E-state index is 6.05. The van der Waals surface area contributed by atoms with E-state index in [2.05, 4.69) is 9.97 Å². The summed E-state index contributed by atoms with van der Waals surface area (Å²) in [5.74, 6) is 2.26. The number of aryl methyl sites for hydroxylation is 1. The Morgan fingerprint density at radius 3 is 2.71 bits per heavy atom. The van der Waals surface area contributed by atoms with Crippen LogP contribution in [0.2, 0.25) is 5.15 Å². The summed E-state index contributed by atoms with van der Waals surface area (Å²) in [5.41, 5.74) is 0.845. The lowest BCUT2D eigenvalue weighted by Crippen LogP contribution is -2.15. The monoisotopic (exact) mass is 254 g/mol. The van der Waals surface area contributed by atoms with Crippen LogP contribution in [0.5, 0.6) is 5.88 Å². The Bertz CT molecular complexity index is 391. The highest BCUT2D eigenvalue weighted by Crippen LogP contribution is 2.29. The molecular formula is C13H19ClN2O. The van der Waals surface area contributed by atoms with Gasteiger partial charge in [-0.05, 0) is 19.3 Å². The van der Waals surface area contributed by atoms with Crippen molar-refractivity contribution >= 4 is 11.6 Å². The quantitative estimate of drug-likeness (QED) is 0.754. The van der Waals surface area contributed by atoms with E-state index >= 15 is 0 Å². The van der Waals surface area contributed by atoms with Gasteiger partial charge in [0.2, 0.25) is 5.88 Å². The molecule has 0 saturated heterocycles. The molecule has 0 N–H and O–H groups in total. The Balaban J connectivity index is 1.95. The van der Waals surface area contributed by atoms with Gasteiger partial charge < -0.3 is 4.74 Å². The van der Waals surface area contributed by atoms with Crippen molar-refractivity contribution in [2.45, 2.75) is 46.0 Å². The van der Waals surface area contributed by atoms with E-state index < -0.39 is 0 Å². The van der Waals surface area contributed by atoms with Crippen LogP contribution in [0.1, 0.15) is 44.0 Å². The van der Waals surface area contributed by atoms with Gasteiger partial charge >= 0.3 is 0 Å². The number of hydrogen-bond acceptors (Lipinski definition) is 3. The Morgan fingerprint density at radius 2 is 2.12 bits per heavy atom. The largest absolute Gasteiger partial charge is 0.477 e. The molecule has 17 heavy (non-hydrogen) atoms. The van der Waals surface area contributed by atoms with Crippen molar-refractivity contribution < 1.29 is 4.74 Å². The summed E-state index contributed by atoms with van der Waals surface area (Å²) < 4.78 is 5.73. The Kier molecular flexibility index (Phi) is 4.21. The van der Waals surface area contributed by atoms with E-state index in [9.17, 15) is 0 Å². The van der Waals surface area contributed by atoms with Crippen molar-refractivity contribution in [3.63, 3.8) is 0 Å². The van der Waals surface area contributed by atoms with Crippen LogP contribution in [-0.2, 0) is 6.42 Å². The SMILES string of the molecule is CCc1nc(Cl)c(C)c(OCCC2CCC2)n1. The molecule has 3 nitrogen and oxygen atoms in total. The fraction of sp³-hybridized carbons (Fsp3) is 0.692. The maximum atomic E-state index is 6.05. The predicted molar refractivity (Wildman–Crippen MR) is 68.6 cm³/mol. The molecule has 1 aliphatic rings. The second kappa shape index (κ2) is 5.67. The van der Waals surface area contributed by atoms with Crippen LogP contribution < -0.4 is 4.74 Å². The minimum absolute atomic E-state index is 0.510. The molecule has 0 radical (unpaired) electrons. The third-order valence-corrected chi connectivity index (χ3v) is 3.76. The first-order valence-electron chi connectivity index (χ1n) is 6.36. The molecule has 0 spiro atoms. The number of nitrogens with zero attached hydrogens (tertiary/aromatic N) is 2. The lowest BCUT2D eigenvalue weighted by Gasteiger charge is -2.25. The molecule has 1 aromatic rings. The van der Waals surface area contributed by atoms with E-state index in [-0.39, 0.29) is 0 Å². The van der Waals surface area contributed by atoms with Crippen molar-refractivity contribution in [2.24, 2.45) is 5.92 Å². The first-order valence-corrected chi connectivity index (χ1v) is 6.74. The van der Waals surface area contributed by atoms with Crippen molar-refractivity contribution in [2.75, 3.05) is 6.61 Å². The summed E-state index contributed by atoms with van der Waals surface area (Å²) >= 11 is 6.05. The number of halogens is 1. The lowest BCUT2D eigenvalue weighted by molar-refractivity contribution is 0.216. The van der Waals surface area contributed by atoms with Crippen molar-refractivity contribution in [3.05, 3.63) is 16.5 Å². The van der Waals surface area contributed by atoms with Gasteiger partial charge in [0.1, 0.15) is 11.0 Å². The third-order valence-electron chi connectivity index (χ3n) is 3.39. The van der Waals surface area contributed by atoms with Gasteiger partial charge in [-0.3, -0.25) is 0 Å². The Labute approximate surface area is 108 Å². The van der Waals surface area contributed by atoms with E-state index in [4.69, 9.17) is 16.3 Å². The van der Waals surface area contributed by atoms with Crippen molar-refractivity contribution in [3.8, 4) is 5.88 Å². The van der Waals surface area contributed by atoms with Gasteiger partial charge in [0.15, 0.2) is 0 Å². The number of hydrogen-bond donors (Lipinski definition) is 0. The molecule has 1 heterocycles. The molecule has 1 fully saturated rings. The van der Waals surface area contributed by atoms with E-state index in [1.807, 2.05) is 13.8 Å². The Hall–Kier alpha value is -0.830. The minimum Gasteiger partial charge on any atom is -0.477 e. The van der Waals surface area contributed by atoms with Crippen LogP contribution in [0.15, 0.2) is 0 Å². The number of aromatic nitrogens is 2. The zero-order chi connectivity index (χ0) is 12.3. The lowest BCUT2D eigenvalue weighted by atomic mass is 9.83. The Morgan fingerprint density at radius 1 is 1.35 bits per heavy atom. The second-order valence-electron chi connectivity index (χ2n) is 4.65. The number of rotatable bonds is 5. The summed E-state index contributed by atoms with van der Waals surface area (Å²) in [7, 11) is 0. The highest BCUT2D eigenvalue weighted by Gasteiger charge is 2.17. The summed E-state index contributed by atoms with van der Waals surface area (Å²) in [6.07, 6.45) is 5.99. The maximum Gasteiger partial charge on any atom is 0.221 e. The summed E-state index contributed by atoms with van der Waals surface area (Å²) in [6.45, 7) is 4.65. The predicted octanol–water partition coefficient (Wildman–Crippen LogP) is 3.57. The topological polar surface area (TPSA) is 35.0 Å². The second-order valence-corrected chi connectivity index (χ2v) is 5.01. The van der Waals surface area contributed by atoms with Crippen LogP contribution in [-0.4, -0.2) is 16.6 Å². The van der Waals surface area contributed by atoms with Crippen LogP contribution in [0.3, 0.4) is 0 Å². The van der Waals surface area contributed by atoms with E-state index in [0.717, 1.165) is 36.8 Å². The molecule has 0 unspecified atom stereocenters. The molecule has 1 aromatic heterocycles. The molecule has 0 bridgehead atoms. The molecule has 0 atom stereocenters. The molecular weight excluding hydrogens is 236 g/mol. The molecule has 2 rings (SSSR count). The van der Waals surface area contributed by atoms with E-state index in [1.165, 1.54) is 19.3 Å². The van der Waals surface area contributed by atoms with Crippen LogP contribution in [0.4, 0.5) is 0 Å². The zero-order valence-corrected chi connectivity index (χ0v) is 11.3. The highest BCUT2D eigenvalue weighted by atomic mass is 35.5. The molecule has 0 aromatic carbocycles. The van der Waals surface area contributed by atoms with Crippen molar-refractivity contribution in [1.29, 1.82) is 0 Å². The first-order chi connectivity index (χ1) is 8.20. The average Bonchev–Trinajstić information content (AvgIpc) is 2.27.